The van der Waals surface area contributed by atoms with Gasteiger partial charge in [-0.25, -0.2) is 0 Å². The third kappa shape index (κ3) is 6.94. The molecule has 88 valence electrons. The summed E-state index contributed by atoms with van der Waals surface area (Å²) in [6.45, 7) is 7.40. The molecule has 4 heteroatoms. The van der Waals surface area contributed by atoms with E-state index >= 15 is 0 Å². The normalized spacial score (nSPS) is 10.2. The number of hydrogen-bond acceptors (Lipinski definition) is 2. The molecule has 0 aliphatic rings. The summed E-state index contributed by atoms with van der Waals surface area (Å²) in [5, 5.41) is 2.68. The van der Waals surface area contributed by atoms with Crippen LogP contribution < -0.4 is 5.32 Å². The van der Waals surface area contributed by atoms with Crippen LogP contribution in [0.5, 0.6) is 0 Å². The smallest absolute Gasteiger partial charge is 0.231 e. The maximum atomic E-state index is 11.5. The predicted molar refractivity (Wildman–Crippen MR) is 60.4 cm³/mol. The van der Waals surface area contributed by atoms with Crippen molar-refractivity contribution in [2.45, 2.75) is 33.6 Å². The van der Waals surface area contributed by atoms with E-state index in [4.69, 9.17) is 0 Å². The van der Waals surface area contributed by atoms with E-state index in [1.54, 1.807) is 11.9 Å². The quantitative estimate of drug-likeness (QED) is 0.671. The van der Waals surface area contributed by atoms with Gasteiger partial charge in [-0.2, -0.15) is 0 Å². The van der Waals surface area contributed by atoms with E-state index in [0.29, 0.717) is 19.0 Å². The molecule has 1 N–H and O–H groups in total. The fraction of sp³-hybridized carbons (Fsp3) is 0.818. The average molecular weight is 214 g/mol. The van der Waals surface area contributed by atoms with Crippen LogP contribution in [0.25, 0.3) is 0 Å². The molecule has 0 rings (SSSR count). The molecular formula is C11H22N2O2. The van der Waals surface area contributed by atoms with Crippen LogP contribution in [0.2, 0.25) is 0 Å². The summed E-state index contributed by atoms with van der Waals surface area (Å²) in [5.74, 6) is 0.132. The van der Waals surface area contributed by atoms with Crippen molar-refractivity contribution < 1.29 is 9.59 Å². The van der Waals surface area contributed by atoms with Gasteiger partial charge in [0.05, 0.1) is 0 Å². The minimum Gasteiger partial charge on any atom is -0.356 e. The fourth-order valence-corrected chi connectivity index (χ4v) is 1.25. The maximum Gasteiger partial charge on any atom is 0.231 e. The van der Waals surface area contributed by atoms with Crippen molar-refractivity contribution in [2.24, 2.45) is 5.92 Å². The van der Waals surface area contributed by atoms with Crippen LogP contribution >= 0.6 is 0 Å². The van der Waals surface area contributed by atoms with Gasteiger partial charge >= 0.3 is 0 Å². The van der Waals surface area contributed by atoms with Gasteiger partial charge in [-0.05, 0) is 12.3 Å². The van der Waals surface area contributed by atoms with Crippen LogP contribution in [0.1, 0.15) is 33.6 Å². The second kappa shape index (κ2) is 7.26. The monoisotopic (exact) mass is 214 g/mol. The summed E-state index contributed by atoms with van der Waals surface area (Å²) >= 11 is 0. The topological polar surface area (TPSA) is 49.4 Å². The molecule has 0 aromatic carbocycles. The van der Waals surface area contributed by atoms with Gasteiger partial charge in [-0.15, -0.1) is 0 Å². The van der Waals surface area contributed by atoms with Gasteiger partial charge in [0.25, 0.3) is 0 Å². The van der Waals surface area contributed by atoms with Crippen molar-refractivity contribution in [2.75, 3.05) is 20.1 Å². The van der Waals surface area contributed by atoms with E-state index in [1.807, 2.05) is 20.8 Å². The lowest BCUT2D eigenvalue weighted by atomic mass is 10.2. The summed E-state index contributed by atoms with van der Waals surface area (Å²) < 4.78 is 0. The van der Waals surface area contributed by atoms with Crippen LogP contribution in [0.3, 0.4) is 0 Å². The number of nitrogens with zero attached hydrogens (tertiary/aromatic N) is 1. The number of carbonyl (C=O) groups excluding carboxylic acids is 2. The Morgan fingerprint density at radius 2 is 1.93 bits per heavy atom. The molecule has 0 aromatic rings. The molecule has 0 spiro atoms. The molecule has 4 nitrogen and oxygen atoms in total. The molecule has 0 aliphatic carbocycles. The van der Waals surface area contributed by atoms with Gasteiger partial charge < -0.3 is 10.2 Å². The maximum absolute atomic E-state index is 11.5. The Morgan fingerprint density at radius 1 is 1.33 bits per heavy atom. The Labute approximate surface area is 92.0 Å². The van der Waals surface area contributed by atoms with E-state index in [9.17, 15) is 9.59 Å². The second-order valence-electron chi connectivity index (χ2n) is 4.19. The van der Waals surface area contributed by atoms with Crippen LogP contribution in [0.4, 0.5) is 0 Å². The van der Waals surface area contributed by atoms with Crippen molar-refractivity contribution in [3.63, 3.8) is 0 Å². The highest BCUT2D eigenvalue weighted by molar-refractivity contribution is 5.96. The Morgan fingerprint density at radius 3 is 2.40 bits per heavy atom. The van der Waals surface area contributed by atoms with E-state index in [1.165, 1.54) is 0 Å². The van der Waals surface area contributed by atoms with Crippen molar-refractivity contribution in [3.05, 3.63) is 0 Å². The second-order valence-corrected chi connectivity index (χ2v) is 4.19. The molecule has 0 unspecified atom stereocenters. The highest BCUT2D eigenvalue weighted by atomic mass is 16.2. The molecule has 2 amide bonds. The SMILES string of the molecule is CCCNC(=O)CC(=O)N(C)CC(C)C. The first kappa shape index (κ1) is 13.9. The summed E-state index contributed by atoms with van der Waals surface area (Å²) in [6.07, 6.45) is 0.852. The largest absolute Gasteiger partial charge is 0.356 e. The Bertz CT molecular complexity index is 215. The molecule has 0 bridgehead atoms. The summed E-state index contributed by atoms with van der Waals surface area (Å²) in [4.78, 5) is 24.4. The van der Waals surface area contributed by atoms with E-state index in [2.05, 4.69) is 5.32 Å². The molecule has 0 heterocycles. The van der Waals surface area contributed by atoms with Gasteiger partial charge in [0, 0.05) is 20.1 Å². The van der Waals surface area contributed by atoms with Crippen LogP contribution in [-0.2, 0) is 9.59 Å². The first-order valence-corrected chi connectivity index (χ1v) is 5.48. The van der Waals surface area contributed by atoms with Gasteiger partial charge in [0.15, 0.2) is 0 Å². The minimum atomic E-state index is -0.183. The lowest BCUT2D eigenvalue weighted by molar-refractivity contribution is -0.135. The highest BCUT2D eigenvalue weighted by Gasteiger charge is 2.13. The van der Waals surface area contributed by atoms with Crippen molar-refractivity contribution in [1.29, 1.82) is 0 Å². The van der Waals surface area contributed by atoms with Crippen molar-refractivity contribution in [3.8, 4) is 0 Å². The number of amides is 2. The number of nitrogens with one attached hydrogen (secondary N) is 1. The Hall–Kier alpha value is -1.06. The molecule has 0 aromatic heterocycles. The van der Waals surface area contributed by atoms with Crippen molar-refractivity contribution >= 4 is 11.8 Å². The van der Waals surface area contributed by atoms with Gasteiger partial charge in [-0.3, -0.25) is 9.59 Å². The standard InChI is InChI=1S/C11H22N2O2/c1-5-6-12-10(14)7-11(15)13(4)8-9(2)3/h9H,5-8H2,1-4H3,(H,12,14). The number of hydrogen-bond donors (Lipinski definition) is 1. The van der Waals surface area contributed by atoms with E-state index in [-0.39, 0.29) is 18.2 Å². The predicted octanol–water partition coefficient (Wildman–Crippen LogP) is 1.02. The zero-order valence-electron chi connectivity index (χ0n) is 10.2. The molecule has 15 heavy (non-hydrogen) atoms. The number of rotatable bonds is 6. The molecule has 0 saturated carbocycles. The lowest BCUT2D eigenvalue weighted by Gasteiger charge is -2.19. The Kier molecular flexibility index (Phi) is 6.75. The summed E-state index contributed by atoms with van der Waals surface area (Å²) in [6, 6.07) is 0. The Balaban J connectivity index is 3.85. The van der Waals surface area contributed by atoms with E-state index < -0.39 is 0 Å². The molecule has 0 fully saturated rings. The molecule has 0 atom stereocenters. The molecule has 0 aliphatic heterocycles. The summed E-state index contributed by atoms with van der Waals surface area (Å²) in [5.41, 5.74) is 0. The average Bonchev–Trinajstić information content (AvgIpc) is 2.13. The van der Waals surface area contributed by atoms with E-state index in [0.717, 1.165) is 6.42 Å². The summed E-state index contributed by atoms with van der Waals surface area (Å²) in [7, 11) is 1.73. The lowest BCUT2D eigenvalue weighted by Crippen LogP contribution is -2.35. The minimum absolute atomic E-state index is 0.0385. The van der Waals surface area contributed by atoms with Crippen LogP contribution in [0.15, 0.2) is 0 Å². The first-order valence-electron chi connectivity index (χ1n) is 5.48. The van der Waals surface area contributed by atoms with Gasteiger partial charge in [-0.1, -0.05) is 20.8 Å². The highest BCUT2D eigenvalue weighted by Crippen LogP contribution is 1.98. The van der Waals surface area contributed by atoms with Crippen LogP contribution in [-0.4, -0.2) is 36.9 Å². The fourth-order valence-electron chi connectivity index (χ4n) is 1.25. The third-order valence-electron chi connectivity index (χ3n) is 1.95. The molecule has 0 saturated heterocycles. The zero-order chi connectivity index (χ0) is 11.8. The van der Waals surface area contributed by atoms with Crippen molar-refractivity contribution in [1.82, 2.24) is 10.2 Å². The molecule has 0 radical (unpaired) electrons. The van der Waals surface area contributed by atoms with Gasteiger partial charge in [0.1, 0.15) is 6.42 Å². The van der Waals surface area contributed by atoms with Crippen LogP contribution in [0, 0.1) is 5.92 Å². The van der Waals surface area contributed by atoms with Gasteiger partial charge in [0.2, 0.25) is 11.8 Å². The number of carbonyl (C=O) groups is 2. The zero-order valence-corrected chi connectivity index (χ0v) is 10.2. The first-order chi connectivity index (χ1) is 6.97. The third-order valence-corrected chi connectivity index (χ3v) is 1.95. The molecular weight excluding hydrogens is 192 g/mol.